The van der Waals surface area contributed by atoms with Crippen molar-refractivity contribution in [3.8, 4) is 0 Å². The van der Waals surface area contributed by atoms with Gasteiger partial charge in [0, 0.05) is 30.3 Å². The average Bonchev–Trinajstić information content (AvgIpc) is 3.47. The Morgan fingerprint density at radius 2 is 1.87 bits per heavy atom. The number of aliphatic hydroxyl groups is 1. The van der Waals surface area contributed by atoms with Crippen molar-refractivity contribution in [3.05, 3.63) is 54.6 Å². The Morgan fingerprint density at radius 3 is 2.45 bits per heavy atom. The second kappa shape index (κ2) is 10.8. The summed E-state index contributed by atoms with van der Waals surface area (Å²) in [6, 6.07) is 5.24. The first-order chi connectivity index (χ1) is 18.1. The molecule has 206 valence electrons. The highest BCUT2D eigenvalue weighted by Crippen LogP contribution is 2.63. The zero-order chi connectivity index (χ0) is 27.8. The summed E-state index contributed by atoms with van der Waals surface area (Å²) in [6.45, 7) is 14.0. The van der Waals surface area contributed by atoms with Gasteiger partial charge in [0.2, 0.25) is 11.8 Å². The maximum atomic E-state index is 14.4. The van der Waals surface area contributed by atoms with E-state index in [-0.39, 0.29) is 30.9 Å². The third-order valence-electron chi connectivity index (χ3n) is 8.32. The van der Waals surface area contributed by atoms with Crippen LogP contribution < -0.4 is 4.90 Å². The summed E-state index contributed by atoms with van der Waals surface area (Å²) >= 11 is 6.09. The molecule has 2 unspecified atom stereocenters. The van der Waals surface area contributed by atoms with Crippen molar-refractivity contribution in [3.63, 3.8) is 0 Å². The summed E-state index contributed by atoms with van der Waals surface area (Å²) in [5.74, 6) is -2.37. The van der Waals surface area contributed by atoms with Gasteiger partial charge in [-0.25, -0.2) is 0 Å². The van der Waals surface area contributed by atoms with E-state index >= 15 is 0 Å². The Labute approximate surface area is 229 Å². The number of carbonyl (C=O) groups is 3. The fraction of sp³-hybridized carbons (Fsp3) is 0.552. The van der Waals surface area contributed by atoms with Crippen molar-refractivity contribution in [2.45, 2.75) is 63.3 Å². The van der Waals surface area contributed by atoms with Crippen LogP contribution in [0.1, 0.15) is 40.0 Å². The van der Waals surface area contributed by atoms with E-state index in [2.05, 4.69) is 13.2 Å². The predicted molar refractivity (Wildman–Crippen MR) is 147 cm³/mol. The molecule has 3 heterocycles. The van der Waals surface area contributed by atoms with Gasteiger partial charge in [-0.15, -0.1) is 13.2 Å². The van der Waals surface area contributed by atoms with Crippen LogP contribution in [-0.4, -0.2) is 82.2 Å². The number of hydrogen-bond acceptors (Lipinski definition) is 5. The zero-order valence-electron chi connectivity index (χ0n) is 22.4. The van der Waals surface area contributed by atoms with Gasteiger partial charge in [0.15, 0.2) is 0 Å². The Morgan fingerprint density at radius 1 is 1.21 bits per heavy atom. The number of fused-ring (bicyclic) bond motifs is 1. The molecule has 38 heavy (non-hydrogen) atoms. The van der Waals surface area contributed by atoms with E-state index in [0.29, 0.717) is 36.6 Å². The van der Waals surface area contributed by atoms with Crippen LogP contribution in [0.5, 0.6) is 0 Å². The molecule has 8 nitrogen and oxygen atoms in total. The molecule has 1 spiro atoms. The molecule has 3 amide bonds. The van der Waals surface area contributed by atoms with Gasteiger partial charge in [-0.1, -0.05) is 30.7 Å². The molecule has 3 aliphatic heterocycles. The molecule has 3 saturated heterocycles. The van der Waals surface area contributed by atoms with Crippen LogP contribution in [0.15, 0.2) is 49.6 Å². The largest absolute Gasteiger partial charge is 0.394 e. The van der Waals surface area contributed by atoms with Crippen molar-refractivity contribution in [2.24, 2.45) is 11.8 Å². The highest BCUT2D eigenvalue weighted by molar-refractivity contribution is 6.30. The first-order valence-electron chi connectivity index (χ1n) is 13.3. The van der Waals surface area contributed by atoms with Crippen molar-refractivity contribution in [1.82, 2.24) is 9.80 Å². The van der Waals surface area contributed by atoms with E-state index in [1.165, 1.54) is 4.90 Å². The molecule has 0 aromatic heterocycles. The number of hydrogen-bond donors (Lipinski definition) is 1. The molecular weight excluding hydrogens is 506 g/mol. The van der Waals surface area contributed by atoms with Crippen LogP contribution in [0.2, 0.25) is 5.02 Å². The number of anilines is 1. The molecule has 1 aromatic rings. The molecule has 3 aliphatic rings. The lowest BCUT2D eigenvalue weighted by molar-refractivity contribution is -0.151. The minimum atomic E-state index is -1.18. The monoisotopic (exact) mass is 543 g/mol. The molecular formula is C29H38ClN3O5. The molecule has 1 aromatic carbocycles. The lowest BCUT2D eigenvalue weighted by Gasteiger charge is -2.38. The second-order valence-electron chi connectivity index (χ2n) is 10.8. The number of benzene rings is 1. The number of carbonyl (C=O) groups excluding carboxylic acids is 3. The van der Waals surface area contributed by atoms with Crippen molar-refractivity contribution >= 4 is 35.0 Å². The van der Waals surface area contributed by atoms with Crippen LogP contribution in [-0.2, 0) is 19.1 Å². The maximum Gasteiger partial charge on any atom is 0.253 e. The van der Waals surface area contributed by atoms with Crippen LogP contribution in [0.4, 0.5) is 5.69 Å². The van der Waals surface area contributed by atoms with Crippen molar-refractivity contribution in [2.75, 3.05) is 31.1 Å². The van der Waals surface area contributed by atoms with Crippen LogP contribution in [0.25, 0.3) is 0 Å². The van der Waals surface area contributed by atoms with Gasteiger partial charge in [-0.3, -0.25) is 14.4 Å². The Bertz CT molecular complexity index is 1110. The number of aliphatic hydroxyl groups excluding tert-OH is 1. The van der Waals surface area contributed by atoms with E-state index in [4.69, 9.17) is 16.3 Å². The minimum Gasteiger partial charge on any atom is -0.394 e. The quantitative estimate of drug-likeness (QED) is 0.432. The lowest BCUT2D eigenvalue weighted by Crippen LogP contribution is -2.58. The Kier molecular flexibility index (Phi) is 8.07. The standard InChI is InChI=1S/C29H38ClN3O5/c1-6-15-31(16-7-2)25(35)22-23-26(36)33(19(4)18-34)24(29(23)14-13-28(22,5)38-29)27(37)32(17-8-3)21-11-9-20(30)10-12-21/h6,8-12,19,22-24,34H,1,3,7,13-18H2,2,4-5H3/t19-,22+,23+,24?,28-,29?/m1/s1. The molecule has 0 aliphatic carbocycles. The second-order valence-corrected chi connectivity index (χ2v) is 11.2. The van der Waals surface area contributed by atoms with Gasteiger partial charge in [0.1, 0.15) is 11.6 Å². The van der Waals surface area contributed by atoms with Crippen LogP contribution in [0, 0.1) is 11.8 Å². The van der Waals surface area contributed by atoms with E-state index in [0.717, 1.165) is 6.42 Å². The molecule has 1 N–H and O–H groups in total. The third-order valence-corrected chi connectivity index (χ3v) is 8.58. The highest BCUT2D eigenvalue weighted by Gasteiger charge is 2.78. The number of halogens is 1. The molecule has 9 heteroatoms. The van der Waals surface area contributed by atoms with E-state index in [1.54, 1.807) is 53.1 Å². The van der Waals surface area contributed by atoms with Crippen molar-refractivity contribution in [1.29, 1.82) is 0 Å². The van der Waals surface area contributed by atoms with Crippen LogP contribution in [0.3, 0.4) is 0 Å². The summed E-state index contributed by atoms with van der Waals surface area (Å²) < 4.78 is 6.71. The SMILES string of the molecule is C=CCN(CCC)C(=O)[C@@H]1[C@H]2C(=O)N([C@H](C)CO)C(C(=O)N(CC=C)c3ccc(Cl)cc3)C23CC[C@@]1(C)O3. The summed E-state index contributed by atoms with van der Waals surface area (Å²) in [5, 5.41) is 10.6. The smallest absolute Gasteiger partial charge is 0.253 e. The first kappa shape index (κ1) is 28.3. The molecule has 2 bridgehead atoms. The van der Waals surface area contributed by atoms with Gasteiger partial charge in [-0.2, -0.15) is 0 Å². The summed E-state index contributed by atoms with van der Waals surface area (Å²) in [4.78, 5) is 47.3. The van der Waals surface area contributed by atoms with E-state index in [1.807, 2.05) is 13.8 Å². The average molecular weight is 544 g/mol. The van der Waals surface area contributed by atoms with Gasteiger partial charge < -0.3 is 24.5 Å². The molecule has 3 fully saturated rings. The van der Waals surface area contributed by atoms with E-state index < -0.39 is 35.1 Å². The molecule has 0 radical (unpaired) electrons. The number of likely N-dealkylation sites (tertiary alicyclic amines) is 1. The highest BCUT2D eigenvalue weighted by atomic mass is 35.5. The molecule has 6 atom stereocenters. The summed E-state index contributed by atoms with van der Waals surface area (Å²) in [7, 11) is 0. The van der Waals surface area contributed by atoms with Gasteiger partial charge in [-0.05, 0) is 57.4 Å². The van der Waals surface area contributed by atoms with Crippen LogP contribution >= 0.6 is 11.6 Å². The van der Waals surface area contributed by atoms with E-state index in [9.17, 15) is 19.5 Å². The number of ether oxygens (including phenoxy) is 1. The fourth-order valence-corrected chi connectivity index (χ4v) is 6.84. The third kappa shape index (κ3) is 4.36. The number of amides is 3. The van der Waals surface area contributed by atoms with Gasteiger partial charge in [0.25, 0.3) is 5.91 Å². The normalized spacial score (nSPS) is 30.2. The van der Waals surface area contributed by atoms with Gasteiger partial charge >= 0.3 is 0 Å². The summed E-state index contributed by atoms with van der Waals surface area (Å²) in [5.41, 5.74) is -1.44. The fourth-order valence-electron chi connectivity index (χ4n) is 6.72. The molecule has 4 rings (SSSR count). The lowest BCUT2D eigenvalue weighted by atomic mass is 9.66. The number of nitrogens with zero attached hydrogens (tertiary/aromatic N) is 3. The predicted octanol–water partition coefficient (Wildman–Crippen LogP) is 3.43. The Hall–Kier alpha value is -2.68. The molecule has 0 saturated carbocycles. The summed E-state index contributed by atoms with van der Waals surface area (Å²) in [6.07, 6.45) is 5.08. The zero-order valence-corrected chi connectivity index (χ0v) is 23.2. The topological polar surface area (TPSA) is 90.4 Å². The first-order valence-corrected chi connectivity index (χ1v) is 13.7. The number of rotatable bonds is 11. The van der Waals surface area contributed by atoms with Crippen molar-refractivity contribution < 1.29 is 24.2 Å². The Balaban J connectivity index is 1.81. The van der Waals surface area contributed by atoms with Gasteiger partial charge in [0.05, 0.1) is 30.1 Å². The minimum absolute atomic E-state index is 0.153. The maximum absolute atomic E-state index is 14.4.